The van der Waals surface area contributed by atoms with Crippen molar-refractivity contribution in [1.82, 2.24) is 5.32 Å². The molecule has 1 aromatic rings. The van der Waals surface area contributed by atoms with Crippen LogP contribution in [0.1, 0.15) is 11.1 Å². The Labute approximate surface area is 96.4 Å². The number of methoxy groups -OCH3 is 1. The zero-order valence-electron chi connectivity index (χ0n) is 9.04. The normalized spacial score (nSPS) is 17.5. The zero-order valence-corrected chi connectivity index (χ0v) is 9.86. The van der Waals surface area contributed by atoms with Crippen molar-refractivity contribution in [2.24, 2.45) is 5.73 Å². The molecule has 0 atom stereocenters. The summed E-state index contributed by atoms with van der Waals surface area (Å²) in [5, 5.41) is 3.20. The Morgan fingerprint density at radius 3 is 2.53 bits per heavy atom. The van der Waals surface area contributed by atoms with Crippen molar-refractivity contribution < 1.29 is 4.74 Å². The van der Waals surface area contributed by atoms with Crippen molar-refractivity contribution >= 4 is 12.4 Å². The monoisotopic (exact) mass is 228 g/mol. The number of benzene rings is 1. The van der Waals surface area contributed by atoms with Gasteiger partial charge in [0.25, 0.3) is 0 Å². The summed E-state index contributed by atoms with van der Waals surface area (Å²) >= 11 is 0. The summed E-state index contributed by atoms with van der Waals surface area (Å²) in [5.74, 6) is 0.877. The fourth-order valence-corrected chi connectivity index (χ4v) is 1.85. The number of hydrogen-bond acceptors (Lipinski definition) is 3. The van der Waals surface area contributed by atoms with Crippen LogP contribution in [-0.4, -0.2) is 20.2 Å². The lowest BCUT2D eigenvalue weighted by molar-refractivity contribution is 0.284. The van der Waals surface area contributed by atoms with Crippen LogP contribution in [0.3, 0.4) is 0 Å². The molecule has 1 fully saturated rings. The van der Waals surface area contributed by atoms with Crippen molar-refractivity contribution in [3.8, 4) is 5.75 Å². The van der Waals surface area contributed by atoms with Crippen LogP contribution in [0.5, 0.6) is 5.75 Å². The van der Waals surface area contributed by atoms with Gasteiger partial charge in [-0.3, -0.25) is 0 Å². The molecule has 1 aliphatic rings. The van der Waals surface area contributed by atoms with Crippen LogP contribution in [0, 0.1) is 6.92 Å². The van der Waals surface area contributed by atoms with Gasteiger partial charge in [0.15, 0.2) is 0 Å². The fraction of sp³-hybridized carbons (Fsp3) is 0.455. The summed E-state index contributed by atoms with van der Waals surface area (Å²) in [4.78, 5) is 0. The Bertz CT molecular complexity index is 350. The first kappa shape index (κ1) is 12.3. The predicted molar refractivity (Wildman–Crippen MR) is 63.7 cm³/mol. The number of halogens is 1. The highest BCUT2D eigenvalue weighted by Gasteiger charge is 2.35. The average molecular weight is 229 g/mol. The Morgan fingerprint density at radius 1 is 1.40 bits per heavy atom. The van der Waals surface area contributed by atoms with Crippen molar-refractivity contribution in [1.29, 1.82) is 0 Å². The van der Waals surface area contributed by atoms with Crippen molar-refractivity contribution in [2.75, 3.05) is 20.2 Å². The van der Waals surface area contributed by atoms with Gasteiger partial charge in [0.2, 0.25) is 0 Å². The lowest BCUT2D eigenvalue weighted by Gasteiger charge is -2.40. The smallest absolute Gasteiger partial charge is 0.119 e. The molecule has 1 aromatic carbocycles. The molecular formula is C11H17ClN2O. The molecule has 0 radical (unpaired) electrons. The summed E-state index contributed by atoms with van der Waals surface area (Å²) in [7, 11) is 1.68. The molecule has 1 heterocycles. The molecular weight excluding hydrogens is 212 g/mol. The van der Waals surface area contributed by atoms with Gasteiger partial charge in [-0.05, 0) is 30.2 Å². The third kappa shape index (κ3) is 2.09. The van der Waals surface area contributed by atoms with Crippen molar-refractivity contribution in [3.63, 3.8) is 0 Å². The van der Waals surface area contributed by atoms with Crippen molar-refractivity contribution in [3.05, 3.63) is 29.3 Å². The fourth-order valence-electron chi connectivity index (χ4n) is 1.85. The van der Waals surface area contributed by atoms with Gasteiger partial charge in [-0.1, -0.05) is 6.07 Å². The summed E-state index contributed by atoms with van der Waals surface area (Å²) in [6.45, 7) is 3.78. The number of nitrogens with one attached hydrogen (secondary N) is 1. The lowest BCUT2D eigenvalue weighted by atomic mass is 9.83. The van der Waals surface area contributed by atoms with Gasteiger partial charge in [-0.2, -0.15) is 0 Å². The molecule has 3 nitrogen and oxygen atoms in total. The number of ether oxygens (including phenoxy) is 1. The van der Waals surface area contributed by atoms with E-state index in [1.165, 1.54) is 11.1 Å². The molecule has 84 valence electrons. The van der Waals surface area contributed by atoms with E-state index in [9.17, 15) is 0 Å². The lowest BCUT2D eigenvalue weighted by Crippen LogP contribution is -2.63. The van der Waals surface area contributed by atoms with Crippen LogP contribution in [0.15, 0.2) is 18.2 Å². The van der Waals surface area contributed by atoms with E-state index in [4.69, 9.17) is 10.5 Å². The minimum Gasteiger partial charge on any atom is -0.497 e. The summed E-state index contributed by atoms with van der Waals surface area (Å²) in [6.07, 6.45) is 0. The van der Waals surface area contributed by atoms with Crippen molar-refractivity contribution in [2.45, 2.75) is 12.5 Å². The molecule has 4 heteroatoms. The Hall–Kier alpha value is -0.770. The average Bonchev–Trinajstić information content (AvgIpc) is 2.15. The maximum Gasteiger partial charge on any atom is 0.119 e. The Kier molecular flexibility index (Phi) is 3.60. The van der Waals surface area contributed by atoms with Crippen LogP contribution in [-0.2, 0) is 5.54 Å². The first-order chi connectivity index (χ1) is 6.65. The molecule has 0 saturated carbocycles. The van der Waals surface area contributed by atoms with E-state index < -0.39 is 0 Å². The van der Waals surface area contributed by atoms with E-state index in [0.29, 0.717) is 0 Å². The number of aryl methyl sites for hydroxylation is 1. The third-order valence-electron chi connectivity index (χ3n) is 2.86. The molecule has 15 heavy (non-hydrogen) atoms. The standard InChI is InChI=1S/C11H16N2O.ClH/c1-8-3-4-9(14-2)5-10(8)11(12)6-13-7-11;/h3-5,13H,6-7,12H2,1-2H3;1H. The van der Waals surface area contributed by atoms with Gasteiger partial charge in [0, 0.05) is 13.1 Å². The van der Waals surface area contributed by atoms with E-state index in [2.05, 4.69) is 18.3 Å². The van der Waals surface area contributed by atoms with Gasteiger partial charge < -0.3 is 15.8 Å². The number of rotatable bonds is 2. The first-order valence-electron chi connectivity index (χ1n) is 4.80. The quantitative estimate of drug-likeness (QED) is 0.799. The van der Waals surface area contributed by atoms with E-state index in [1.807, 2.05) is 12.1 Å². The van der Waals surface area contributed by atoms with Gasteiger partial charge in [-0.15, -0.1) is 12.4 Å². The van der Waals surface area contributed by atoms with E-state index in [1.54, 1.807) is 7.11 Å². The molecule has 2 rings (SSSR count). The zero-order chi connectivity index (χ0) is 10.2. The second-order valence-electron chi connectivity index (χ2n) is 3.94. The summed E-state index contributed by atoms with van der Waals surface area (Å²) in [6, 6.07) is 6.06. The largest absolute Gasteiger partial charge is 0.497 e. The van der Waals surface area contributed by atoms with Gasteiger partial charge in [-0.25, -0.2) is 0 Å². The number of nitrogens with two attached hydrogens (primary N) is 1. The topological polar surface area (TPSA) is 47.3 Å². The van der Waals surface area contributed by atoms with E-state index in [0.717, 1.165) is 18.8 Å². The maximum absolute atomic E-state index is 6.23. The third-order valence-corrected chi connectivity index (χ3v) is 2.86. The highest BCUT2D eigenvalue weighted by atomic mass is 35.5. The highest BCUT2D eigenvalue weighted by molar-refractivity contribution is 5.85. The summed E-state index contributed by atoms with van der Waals surface area (Å²) < 4.78 is 5.20. The molecule has 3 N–H and O–H groups in total. The molecule has 1 aliphatic heterocycles. The summed E-state index contributed by atoms with van der Waals surface area (Å²) in [5.41, 5.74) is 8.46. The van der Waals surface area contributed by atoms with Crippen LogP contribution >= 0.6 is 12.4 Å². The minimum absolute atomic E-state index is 0. The SMILES string of the molecule is COc1ccc(C)c(C2(N)CNC2)c1.Cl. The molecule has 0 spiro atoms. The van der Waals surface area contributed by atoms with Crippen LogP contribution in [0.2, 0.25) is 0 Å². The molecule has 0 bridgehead atoms. The predicted octanol–water partition coefficient (Wildman–Crippen LogP) is 1.18. The second-order valence-corrected chi connectivity index (χ2v) is 3.94. The highest BCUT2D eigenvalue weighted by Crippen LogP contribution is 2.28. The van der Waals surface area contributed by atoms with Crippen LogP contribution in [0.4, 0.5) is 0 Å². The minimum atomic E-state index is -0.196. The Balaban J connectivity index is 0.00000112. The van der Waals surface area contributed by atoms with Gasteiger partial charge >= 0.3 is 0 Å². The molecule has 0 aliphatic carbocycles. The maximum atomic E-state index is 6.23. The molecule has 1 saturated heterocycles. The van der Waals surface area contributed by atoms with E-state index >= 15 is 0 Å². The van der Waals surface area contributed by atoms with Crippen LogP contribution in [0.25, 0.3) is 0 Å². The molecule has 0 amide bonds. The second kappa shape index (κ2) is 4.39. The van der Waals surface area contributed by atoms with Gasteiger partial charge in [0.05, 0.1) is 12.6 Å². The first-order valence-corrected chi connectivity index (χ1v) is 4.80. The van der Waals surface area contributed by atoms with Crippen LogP contribution < -0.4 is 15.8 Å². The Morgan fingerprint density at radius 2 is 2.07 bits per heavy atom. The molecule has 0 aromatic heterocycles. The van der Waals surface area contributed by atoms with Gasteiger partial charge in [0.1, 0.15) is 5.75 Å². The van der Waals surface area contributed by atoms with E-state index in [-0.39, 0.29) is 17.9 Å². The molecule has 0 unspecified atom stereocenters. The number of hydrogen-bond donors (Lipinski definition) is 2.